The predicted octanol–water partition coefficient (Wildman–Crippen LogP) is 2.58. The molecule has 1 unspecified atom stereocenters. The van der Waals surface area contributed by atoms with Gasteiger partial charge in [0, 0.05) is 12.8 Å². The minimum atomic E-state index is -0.632. The molecule has 0 saturated carbocycles. The maximum Gasteiger partial charge on any atom is 0.305 e. The highest BCUT2D eigenvalue weighted by molar-refractivity contribution is 5.69. The normalized spacial score (nSPS) is 24.8. The van der Waals surface area contributed by atoms with Gasteiger partial charge in [-0.15, -0.1) is 0 Å². The minimum absolute atomic E-state index is 0.0633. The Bertz CT molecular complexity index is 470. The fourth-order valence-electron chi connectivity index (χ4n) is 2.30. The molecule has 0 spiro atoms. The van der Waals surface area contributed by atoms with Crippen molar-refractivity contribution in [3.8, 4) is 5.75 Å². The van der Waals surface area contributed by atoms with Crippen molar-refractivity contribution < 1.29 is 24.1 Å². The van der Waals surface area contributed by atoms with Crippen LogP contribution in [0.2, 0.25) is 0 Å². The van der Waals surface area contributed by atoms with Gasteiger partial charge in [-0.2, -0.15) is 0 Å². The number of hydrogen-bond acceptors (Lipinski definition) is 5. The van der Waals surface area contributed by atoms with Gasteiger partial charge < -0.3 is 19.3 Å². The van der Waals surface area contributed by atoms with E-state index in [-0.39, 0.29) is 12.6 Å². The fourth-order valence-corrected chi connectivity index (χ4v) is 2.30. The summed E-state index contributed by atoms with van der Waals surface area (Å²) < 4.78 is 16.6. The van der Waals surface area contributed by atoms with Crippen LogP contribution < -0.4 is 4.74 Å². The molecule has 0 aromatic heterocycles. The van der Waals surface area contributed by atoms with Crippen LogP contribution in [0.25, 0.3) is 0 Å². The van der Waals surface area contributed by atoms with E-state index in [9.17, 15) is 9.90 Å². The number of aryl methyl sites for hydroxylation is 1. The van der Waals surface area contributed by atoms with Crippen LogP contribution in [-0.2, 0) is 14.3 Å². The van der Waals surface area contributed by atoms with Crippen LogP contribution in [0.5, 0.6) is 5.75 Å². The van der Waals surface area contributed by atoms with Crippen LogP contribution in [0.4, 0.5) is 0 Å². The molecule has 2 rings (SSSR count). The second kappa shape index (κ2) is 8.15. The minimum Gasteiger partial charge on any atom is -0.465 e. The van der Waals surface area contributed by atoms with Crippen molar-refractivity contribution in [3.63, 3.8) is 0 Å². The number of rotatable bonds is 6. The molecule has 1 aliphatic heterocycles. The van der Waals surface area contributed by atoms with E-state index < -0.39 is 18.5 Å². The number of hydrogen-bond donors (Lipinski definition) is 1. The van der Waals surface area contributed by atoms with Crippen molar-refractivity contribution >= 4 is 5.97 Å². The Morgan fingerprint density at radius 1 is 1.32 bits per heavy atom. The molecule has 0 amide bonds. The average molecular weight is 308 g/mol. The summed E-state index contributed by atoms with van der Waals surface area (Å²) in [4.78, 5) is 11.4. The highest BCUT2D eigenvalue weighted by Gasteiger charge is 2.32. The summed E-state index contributed by atoms with van der Waals surface area (Å²) in [5.41, 5.74) is 1.16. The molecule has 1 aromatic carbocycles. The third-order valence-electron chi connectivity index (χ3n) is 3.61. The highest BCUT2D eigenvalue weighted by atomic mass is 16.7. The van der Waals surface area contributed by atoms with E-state index in [2.05, 4.69) is 0 Å². The first kappa shape index (κ1) is 16.8. The zero-order valence-corrected chi connectivity index (χ0v) is 13.2. The lowest BCUT2D eigenvalue weighted by Crippen LogP contribution is -2.44. The predicted molar refractivity (Wildman–Crippen MR) is 81.6 cm³/mol. The van der Waals surface area contributed by atoms with Gasteiger partial charge in [-0.05, 0) is 31.9 Å². The average Bonchev–Trinajstić information content (AvgIpc) is 2.50. The van der Waals surface area contributed by atoms with Crippen LogP contribution in [0.1, 0.15) is 38.2 Å². The first-order chi connectivity index (χ1) is 10.6. The summed E-state index contributed by atoms with van der Waals surface area (Å²) in [6, 6.07) is 7.72. The summed E-state index contributed by atoms with van der Waals surface area (Å²) in [6.07, 6.45) is 0.692. The molecule has 1 aliphatic rings. The number of aliphatic hydroxyl groups is 1. The molecule has 1 fully saturated rings. The second-order valence-corrected chi connectivity index (χ2v) is 5.61. The van der Waals surface area contributed by atoms with E-state index in [1.807, 2.05) is 38.1 Å². The Hall–Kier alpha value is -1.59. The smallest absolute Gasteiger partial charge is 0.305 e. The molecule has 22 heavy (non-hydrogen) atoms. The summed E-state index contributed by atoms with van der Waals surface area (Å²) in [6.45, 7) is 3.99. The molecule has 3 atom stereocenters. The molecule has 1 heterocycles. The van der Waals surface area contributed by atoms with Crippen molar-refractivity contribution in [1.82, 2.24) is 0 Å². The van der Waals surface area contributed by atoms with Gasteiger partial charge in [-0.3, -0.25) is 4.79 Å². The first-order valence-corrected chi connectivity index (χ1v) is 7.81. The lowest BCUT2D eigenvalue weighted by molar-refractivity contribution is -0.203. The van der Waals surface area contributed by atoms with Gasteiger partial charge >= 0.3 is 5.97 Å². The molecule has 1 saturated heterocycles. The number of esters is 1. The number of aliphatic hydroxyl groups excluding tert-OH is 1. The van der Waals surface area contributed by atoms with Crippen molar-refractivity contribution in [1.29, 1.82) is 0 Å². The molecule has 122 valence electrons. The molecule has 0 radical (unpaired) electrons. The SMILES string of the molecule is CCCC(=O)OCC1O[C@H](Oc2ccc(C)cc2)CC[C@@H]1O. The molecule has 1 aromatic rings. The molecule has 1 N–H and O–H groups in total. The zero-order chi connectivity index (χ0) is 15.9. The number of ether oxygens (including phenoxy) is 3. The molecular weight excluding hydrogens is 284 g/mol. The van der Waals surface area contributed by atoms with Gasteiger partial charge in [-0.1, -0.05) is 24.6 Å². The maximum absolute atomic E-state index is 11.4. The molecule has 0 bridgehead atoms. The third kappa shape index (κ3) is 5.00. The number of carbonyl (C=O) groups excluding carboxylic acids is 1. The summed E-state index contributed by atoms with van der Waals surface area (Å²) in [5, 5.41) is 9.96. The van der Waals surface area contributed by atoms with Gasteiger partial charge in [0.15, 0.2) is 6.29 Å². The fraction of sp³-hybridized carbons (Fsp3) is 0.588. The van der Waals surface area contributed by atoms with Gasteiger partial charge in [0.25, 0.3) is 0 Å². The topological polar surface area (TPSA) is 65.0 Å². The van der Waals surface area contributed by atoms with Gasteiger partial charge in [0.2, 0.25) is 0 Å². The van der Waals surface area contributed by atoms with Crippen molar-refractivity contribution in [3.05, 3.63) is 29.8 Å². The summed E-state index contributed by atoms with van der Waals surface area (Å²) in [7, 11) is 0. The first-order valence-electron chi connectivity index (χ1n) is 7.81. The highest BCUT2D eigenvalue weighted by Crippen LogP contribution is 2.23. The van der Waals surface area contributed by atoms with Crippen molar-refractivity contribution in [2.45, 2.75) is 58.0 Å². The lowest BCUT2D eigenvalue weighted by atomic mass is 10.1. The van der Waals surface area contributed by atoms with E-state index in [4.69, 9.17) is 14.2 Å². The van der Waals surface area contributed by atoms with Crippen LogP contribution >= 0.6 is 0 Å². The summed E-state index contributed by atoms with van der Waals surface area (Å²) >= 11 is 0. The Kier molecular flexibility index (Phi) is 6.21. The van der Waals surface area contributed by atoms with Crippen molar-refractivity contribution in [2.75, 3.05) is 6.61 Å². The Morgan fingerprint density at radius 2 is 2.05 bits per heavy atom. The Labute approximate surface area is 131 Å². The lowest BCUT2D eigenvalue weighted by Gasteiger charge is -2.33. The van der Waals surface area contributed by atoms with Crippen LogP contribution in [0.15, 0.2) is 24.3 Å². The Morgan fingerprint density at radius 3 is 2.73 bits per heavy atom. The standard InChI is InChI=1S/C17H24O5/c1-3-4-16(19)20-11-15-14(18)9-10-17(22-15)21-13-7-5-12(2)6-8-13/h5-8,14-15,17-18H,3-4,9-11H2,1-2H3/t14-,15?,17-/m0/s1. The number of benzene rings is 1. The third-order valence-corrected chi connectivity index (χ3v) is 3.61. The quantitative estimate of drug-likeness (QED) is 0.818. The van der Waals surface area contributed by atoms with E-state index in [1.165, 1.54) is 0 Å². The van der Waals surface area contributed by atoms with Gasteiger partial charge in [0.05, 0.1) is 6.10 Å². The summed E-state index contributed by atoms with van der Waals surface area (Å²) in [5.74, 6) is 0.466. The van der Waals surface area contributed by atoms with Crippen LogP contribution in [0, 0.1) is 6.92 Å². The molecule has 0 aliphatic carbocycles. The monoisotopic (exact) mass is 308 g/mol. The molecule has 5 nitrogen and oxygen atoms in total. The van der Waals surface area contributed by atoms with E-state index in [1.54, 1.807) is 0 Å². The van der Waals surface area contributed by atoms with Crippen LogP contribution in [0.3, 0.4) is 0 Å². The largest absolute Gasteiger partial charge is 0.465 e. The Balaban J connectivity index is 1.84. The van der Waals surface area contributed by atoms with Crippen LogP contribution in [-0.4, -0.2) is 36.2 Å². The number of carbonyl (C=O) groups is 1. The molecule has 5 heteroatoms. The zero-order valence-electron chi connectivity index (χ0n) is 13.2. The second-order valence-electron chi connectivity index (χ2n) is 5.61. The van der Waals surface area contributed by atoms with Crippen molar-refractivity contribution in [2.24, 2.45) is 0 Å². The maximum atomic E-state index is 11.4. The van der Waals surface area contributed by atoms with E-state index in [0.717, 1.165) is 17.7 Å². The van der Waals surface area contributed by atoms with E-state index in [0.29, 0.717) is 19.3 Å². The van der Waals surface area contributed by atoms with Gasteiger partial charge in [-0.25, -0.2) is 0 Å². The molecular formula is C17H24O5. The van der Waals surface area contributed by atoms with E-state index >= 15 is 0 Å². The van der Waals surface area contributed by atoms with Gasteiger partial charge in [0.1, 0.15) is 18.5 Å².